The molecular formula is C15H24N2S17. The van der Waals surface area contributed by atoms with Crippen molar-refractivity contribution < 1.29 is 0 Å². The molecule has 0 atom stereocenters. The van der Waals surface area contributed by atoms with Gasteiger partial charge in [-0.15, -0.1) is 0 Å². The van der Waals surface area contributed by atoms with Crippen molar-refractivity contribution in [1.82, 2.24) is 0 Å². The molecule has 1 aromatic carbocycles. The van der Waals surface area contributed by atoms with Crippen molar-refractivity contribution in [2.45, 2.75) is 57.8 Å². The Morgan fingerprint density at radius 1 is 0.647 bits per heavy atom. The average Bonchev–Trinajstić information content (AvgIpc) is 3.04. The molecule has 0 radical (unpaired) electrons. The van der Waals surface area contributed by atoms with Crippen LogP contribution in [0, 0.1) is 0 Å². The summed E-state index contributed by atoms with van der Waals surface area (Å²) in [7, 11) is 25.4. The van der Waals surface area contributed by atoms with Gasteiger partial charge in [0, 0.05) is 156 Å². The molecule has 2 nitrogen and oxygen atoms in total. The topological polar surface area (TPSA) is 52.0 Å². The van der Waals surface area contributed by atoms with Crippen LogP contribution in [0.25, 0.3) is 0 Å². The quantitative estimate of drug-likeness (QED) is 0.452. The maximum Gasteiger partial charge on any atom is 0.0550 e. The molecule has 0 bridgehead atoms. The Kier molecular flexibility index (Phi) is 19.9. The van der Waals surface area contributed by atoms with Crippen LogP contribution >= 0.6 is 0 Å². The van der Waals surface area contributed by atoms with Crippen LogP contribution in [-0.2, 0) is 166 Å². The Hall–Kier alpha value is 2.56. The monoisotopic (exact) mass is 776 g/mol. The van der Waals surface area contributed by atoms with Gasteiger partial charge in [-0.1, -0.05) is 27.7 Å². The number of benzene rings is 1. The highest BCUT2D eigenvalue weighted by Gasteiger charge is 2.45. The van der Waals surface area contributed by atoms with E-state index in [9.17, 15) is 0 Å². The zero-order chi connectivity index (χ0) is 25.5. The van der Waals surface area contributed by atoms with Gasteiger partial charge in [-0.2, -0.15) is 0 Å². The van der Waals surface area contributed by atoms with Gasteiger partial charge >= 0.3 is 0 Å². The highest BCUT2D eigenvalue weighted by atomic mass is 33.5. The fourth-order valence-corrected chi connectivity index (χ4v) is 39.4. The molecule has 0 unspecified atom stereocenters. The smallest absolute Gasteiger partial charge is 0.0550 e. The van der Waals surface area contributed by atoms with Crippen LogP contribution in [0.2, 0.25) is 0 Å². The molecule has 0 aliphatic heterocycles. The Morgan fingerprint density at radius 3 is 1.29 bits per heavy atom. The maximum absolute atomic E-state index is 5.99. The predicted octanol–water partition coefficient (Wildman–Crippen LogP) is 3.55. The van der Waals surface area contributed by atoms with E-state index in [0.29, 0.717) is 5.41 Å². The summed E-state index contributed by atoms with van der Waals surface area (Å²) in [6.45, 7) is 9.19. The van der Waals surface area contributed by atoms with E-state index in [1.54, 1.807) is 115 Å². The zero-order valence-electron chi connectivity index (χ0n) is 18.4. The van der Waals surface area contributed by atoms with Gasteiger partial charge in [0.15, 0.2) is 0 Å². The molecule has 1 aliphatic carbocycles. The summed E-state index contributed by atoms with van der Waals surface area (Å²) in [5.74, 6) is 0. The summed E-state index contributed by atoms with van der Waals surface area (Å²) in [6, 6.07) is 4.21. The first-order chi connectivity index (χ1) is 16.3. The summed E-state index contributed by atoms with van der Waals surface area (Å²) in [6.07, 6.45) is 3.54. The molecule has 0 amide bonds. The van der Waals surface area contributed by atoms with Gasteiger partial charge in [0.05, 0.1) is 11.4 Å². The standard InChI is InChI=1S/C15H24N2.S17/c1-5-15(6-2)9-14(3,4)10-7-12(16)13(17)8-11(10)15;1-3-5-7-9-11-13-15-17-16-14-12-10-8-6-4-2/h7-8H,5-6,9,16-17H2,1-4H3;. The number of fused-ring (bicyclic) bond motifs is 1. The molecule has 0 spiro atoms. The molecule has 1 aromatic rings. The van der Waals surface area contributed by atoms with Crippen LogP contribution in [0.5, 0.6) is 0 Å². The van der Waals surface area contributed by atoms with E-state index in [1.807, 2.05) is 0 Å². The lowest BCUT2D eigenvalue weighted by Crippen LogP contribution is -2.24. The Labute approximate surface area is 255 Å². The summed E-state index contributed by atoms with van der Waals surface area (Å²) in [5, 5.41) is 0. The molecule has 0 saturated carbocycles. The van der Waals surface area contributed by atoms with E-state index in [4.69, 9.17) is 33.8 Å². The van der Waals surface area contributed by atoms with E-state index in [1.165, 1.54) is 48.2 Å². The van der Waals surface area contributed by atoms with Crippen molar-refractivity contribution in [1.29, 1.82) is 0 Å². The van der Waals surface area contributed by atoms with Gasteiger partial charge < -0.3 is 11.5 Å². The van der Waals surface area contributed by atoms with Gasteiger partial charge in [0.25, 0.3) is 0 Å². The first-order valence-electron chi connectivity index (χ1n) is 9.23. The second kappa shape index (κ2) is 19.6. The first-order valence-corrected chi connectivity index (χ1v) is 30.6. The summed E-state index contributed by atoms with van der Waals surface area (Å²) in [5.41, 5.74) is 16.7. The van der Waals surface area contributed by atoms with Crippen molar-refractivity contribution in [2.75, 3.05) is 11.5 Å². The van der Waals surface area contributed by atoms with Crippen molar-refractivity contribution in [3.05, 3.63) is 23.3 Å². The fourth-order valence-electron chi connectivity index (χ4n) is 3.70. The van der Waals surface area contributed by atoms with Crippen LogP contribution in [0.1, 0.15) is 58.1 Å². The van der Waals surface area contributed by atoms with Gasteiger partial charge in [-0.25, -0.2) is 0 Å². The third kappa shape index (κ3) is 12.2. The molecule has 196 valence electrons. The lowest BCUT2D eigenvalue weighted by Gasteiger charge is -2.29. The largest absolute Gasteiger partial charge is 0.397 e. The van der Waals surface area contributed by atoms with E-state index >= 15 is 0 Å². The van der Waals surface area contributed by atoms with Crippen LogP contribution in [0.15, 0.2) is 12.1 Å². The zero-order valence-corrected chi connectivity index (χ0v) is 32.3. The highest BCUT2D eigenvalue weighted by molar-refractivity contribution is 8.77. The minimum absolute atomic E-state index is 0.211. The number of nitrogens with two attached hydrogens (primary N) is 2. The van der Waals surface area contributed by atoms with Crippen LogP contribution < -0.4 is 11.5 Å². The van der Waals surface area contributed by atoms with E-state index in [0.717, 1.165) is 11.4 Å². The van der Waals surface area contributed by atoms with E-state index < -0.39 is 0 Å². The second-order valence-electron chi connectivity index (χ2n) is 7.10. The fraction of sp³-hybridized carbons (Fsp3) is 0.600. The molecule has 0 heterocycles. The van der Waals surface area contributed by atoms with Gasteiger partial charge in [-0.3, -0.25) is 0 Å². The van der Waals surface area contributed by atoms with Crippen molar-refractivity contribution in [2.24, 2.45) is 0 Å². The van der Waals surface area contributed by atoms with Crippen LogP contribution in [-0.4, -0.2) is 0 Å². The number of hydrogen-bond acceptors (Lipinski definition) is 4. The number of rotatable bonds is 2. The summed E-state index contributed by atoms with van der Waals surface area (Å²) >= 11 is 9.48. The lowest BCUT2D eigenvalue weighted by molar-refractivity contribution is 0.329. The predicted molar refractivity (Wildman–Crippen MR) is 200 cm³/mol. The molecular weight excluding hydrogens is 753 g/mol. The first kappa shape index (κ1) is 34.6. The van der Waals surface area contributed by atoms with Crippen LogP contribution in [0.3, 0.4) is 0 Å². The normalized spacial score (nSPS) is 13.8. The maximum atomic E-state index is 5.99. The van der Waals surface area contributed by atoms with Crippen molar-refractivity contribution in [3.8, 4) is 0 Å². The van der Waals surface area contributed by atoms with Gasteiger partial charge in [0.1, 0.15) is 0 Å². The Balaban J connectivity index is 0.000000340. The number of anilines is 2. The van der Waals surface area contributed by atoms with Crippen molar-refractivity contribution in [3.63, 3.8) is 0 Å². The van der Waals surface area contributed by atoms with Gasteiger partial charge in [0.2, 0.25) is 0 Å². The second-order valence-corrected chi connectivity index (χ2v) is 33.6. The Morgan fingerprint density at radius 2 is 0.971 bits per heavy atom. The third-order valence-corrected chi connectivity index (χ3v) is 36.2. The van der Waals surface area contributed by atoms with Gasteiger partial charge in [-0.05, 0) is 53.4 Å². The molecule has 34 heavy (non-hydrogen) atoms. The third-order valence-electron chi connectivity index (χ3n) is 5.05. The summed E-state index contributed by atoms with van der Waals surface area (Å²) < 4.78 is 0. The molecule has 2 rings (SSSR count). The minimum Gasteiger partial charge on any atom is -0.397 e. The Bertz CT molecular complexity index is 1460. The molecule has 0 aromatic heterocycles. The molecule has 0 saturated heterocycles. The molecule has 1 aliphatic rings. The molecule has 19 heteroatoms. The average molecular weight is 778 g/mol. The minimum atomic E-state index is 0.211. The van der Waals surface area contributed by atoms with Crippen molar-refractivity contribution >= 4 is 167 Å². The number of nitrogen functional groups attached to an aromatic ring is 2. The highest BCUT2D eigenvalue weighted by Crippen LogP contribution is 2.54. The molecule has 0 fully saturated rings. The van der Waals surface area contributed by atoms with E-state index in [-0.39, 0.29) is 5.41 Å². The van der Waals surface area contributed by atoms with E-state index in [2.05, 4.69) is 39.8 Å². The summed E-state index contributed by atoms with van der Waals surface area (Å²) in [4.78, 5) is 0. The SMILES string of the molecule is CCC1(CC)CC(C)(C)c2cc(N)c(N)cc21.S=S=S=S=S=S=S=S=S=S=S=S=S=S=S=S=S. The van der Waals surface area contributed by atoms with Crippen LogP contribution in [0.4, 0.5) is 11.4 Å². The lowest BCUT2D eigenvalue weighted by atomic mass is 9.75. The molecule has 4 N–H and O–H groups in total. The number of hydrogen-bond donors (Lipinski definition) is 2.